The normalized spacial score (nSPS) is 11.7. The summed E-state index contributed by atoms with van der Waals surface area (Å²) < 4.78 is 10.7. The number of carboxylic acids is 1. The van der Waals surface area contributed by atoms with Crippen molar-refractivity contribution >= 4 is 22.6 Å². The molecular weight excluding hydrogens is 350 g/mol. The Morgan fingerprint density at radius 1 is 1.15 bits per heavy atom. The summed E-state index contributed by atoms with van der Waals surface area (Å²) in [5.41, 5.74) is 0.279. The van der Waals surface area contributed by atoms with Crippen molar-refractivity contribution in [2.45, 2.75) is 13.0 Å². The molecule has 7 nitrogen and oxygen atoms in total. The second-order valence-electron chi connectivity index (χ2n) is 5.93. The summed E-state index contributed by atoms with van der Waals surface area (Å²) in [6, 6.07) is 14.7. The van der Waals surface area contributed by atoms with E-state index in [9.17, 15) is 14.4 Å². The highest BCUT2D eigenvalue weighted by Gasteiger charge is 2.14. The second kappa shape index (κ2) is 7.74. The number of carbonyl (C=O) groups is 2. The van der Waals surface area contributed by atoms with E-state index in [1.165, 1.54) is 6.92 Å². The van der Waals surface area contributed by atoms with Crippen molar-refractivity contribution < 1.29 is 23.8 Å². The third-order valence-electron chi connectivity index (χ3n) is 3.93. The Kier molecular flexibility index (Phi) is 5.21. The molecule has 27 heavy (non-hydrogen) atoms. The van der Waals surface area contributed by atoms with Gasteiger partial charge >= 0.3 is 11.6 Å². The van der Waals surface area contributed by atoms with Crippen LogP contribution in [0.5, 0.6) is 5.75 Å². The third kappa shape index (κ3) is 4.33. The van der Waals surface area contributed by atoms with Crippen LogP contribution in [0.3, 0.4) is 0 Å². The molecular formula is C20H17NO6. The SMILES string of the molecule is C[C@@H](NC(=O)COc1ccc(-c2cc3ccccc3c(=O)o2)cc1)C(=O)O. The van der Waals surface area contributed by atoms with Crippen LogP contribution in [-0.2, 0) is 9.59 Å². The fourth-order valence-electron chi connectivity index (χ4n) is 2.49. The molecule has 0 spiro atoms. The van der Waals surface area contributed by atoms with Crippen molar-refractivity contribution in [3.8, 4) is 17.1 Å². The van der Waals surface area contributed by atoms with Gasteiger partial charge in [-0.1, -0.05) is 18.2 Å². The summed E-state index contributed by atoms with van der Waals surface area (Å²) in [5.74, 6) is -0.794. The predicted octanol–water partition coefficient (Wildman–Crippen LogP) is 2.43. The van der Waals surface area contributed by atoms with Gasteiger partial charge in [0.2, 0.25) is 0 Å². The summed E-state index contributed by atoms with van der Waals surface area (Å²) in [6.45, 7) is 1.06. The van der Waals surface area contributed by atoms with Crippen molar-refractivity contribution in [2.24, 2.45) is 0 Å². The Labute approximate surface area is 154 Å². The number of carbonyl (C=O) groups excluding carboxylic acids is 1. The molecule has 3 aromatic rings. The lowest BCUT2D eigenvalue weighted by Crippen LogP contribution is -2.40. The fourth-order valence-corrected chi connectivity index (χ4v) is 2.49. The maximum atomic E-state index is 12.1. The van der Waals surface area contributed by atoms with E-state index in [2.05, 4.69) is 5.32 Å². The van der Waals surface area contributed by atoms with Crippen molar-refractivity contribution in [3.63, 3.8) is 0 Å². The van der Waals surface area contributed by atoms with Crippen molar-refractivity contribution in [1.82, 2.24) is 5.32 Å². The van der Waals surface area contributed by atoms with E-state index in [0.29, 0.717) is 22.5 Å². The molecule has 1 heterocycles. The predicted molar refractivity (Wildman–Crippen MR) is 98.7 cm³/mol. The zero-order valence-electron chi connectivity index (χ0n) is 14.5. The topological polar surface area (TPSA) is 106 Å². The van der Waals surface area contributed by atoms with E-state index >= 15 is 0 Å². The number of amides is 1. The van der Waals surface area contributed by atoms with E-state index in [0.717, 1.165) is 5.39 Å². The van der Waals surface area contributed by atoms with Crippen molar-refractivity contribution in [3.05, 3.63) is 65.0 Å². The van der Waals surface area contributed by atoms with Crippen LogP contribution in [0.1, 0.15) is 6.92 Å². The number of nitrogens with one attached hydrogen (secondary N) is 1. The monoisotopic (exact) mass is 367 g/mol. The number of aliphatic carboxylic acids is 1. The molecule has 0 unspecified atom stereocenters. The largest absolute Gasteiger partial charge is 0.484 e. The van der Waals surface area contributed by atoms with Gasteiger partial charge in [-0.3, -0.25) is 9.59 Å². The number of ether oxygens (including phenoxy) is 1. The zero-order valence-corrected chi connectivity index (χ0v) is 14.5. The lowest BCUT2D eigenvalue weighted by Gasteiger charge is -2.10. The molecule has 2 aromatic carbocycles. The first-order chi connectivity index (χ1) is 12.9. The van der Waals surface area contributed by atoms with Crippen LogP contribution >= 0.6 is 0 Å². The van der Waals surface area contributed by atoms with E-state index in [4.69, 9.17) is 14.3 Å². The van der Waals surface area contributed by atoms with Crippen LogP contribution < -0.4 is 15.7 Å². The van der Waals surface area contributed by atoms with Crippen LogP contribution in [0.25, 0.3) is 22.1 Å². The molecule has 0 aliphatic rings. The lowest BCUT2D eigenvalue weighted by molar-refractivity contribution is -0.141. The molecule has 0 fully saturated rings. The Balaban J connectivity index is 1.70. The summed E-state index contributed by atoms with van der Waals surface area (Å²) in [5, 5.41) is 12.4. The summed E-state index contributed by atoms with van der Waals surface area (Å²) in [7, 11) is 0. The van der Waals surface area contributed by atoms with Crippen LogP contribution in [0.4, 0.5) is 0 Å². The van der Waals surface area contributed by atoms with Gasteiger partial charge in [0.15, 0.2) is 6.61 Å². The lowest BCUT2D eigenvalue weighted by atomic mass is 10.1. The molecule has 1 amide bonds. The highest BCUT2D eigenvalue weighted by atomic mass is 16.5. The van der Waals surface area contributed by atoms with Crippen LogP contribution in [-0.4, -0.2) is 29.6 Å². The van der Waals surface area contributed by atoms with Crippen LogP contribution in [0, 0.1) is 0 Å². The quantitative estimate of drug-likeness (QED) is 0.693. The smallest absolute Gasteiger partial charge is 0.344 e. The van der Waals surface area contributed by atoms with Gasteiger partial charge in [-0.25, -0.2) is 4.79 Å². The molecule has 0 aliphatic carbocycles. The third-order valence-corrected chi connectivity index (χ3v) is 3.93. The average molecular weight is 367 g/mol. The van der Waals surface area contributed by atoms with Gasteiger partial charge in [-0.15, -0.1) is 0 Å². The molecule has 2 N–H and O–H groups in total. The van der Waals surface area contributed by atoms with Crippen molar-refractivity contribution in [2.75, 3.05) is 6.61 Å². The highest BCUT2D eigenvalue weighted by molar-refractivity contribution is 5.84. The molecule has 0 saturated carbocycles. The molecule has 0 bridgehead atoms. The van der Waals surface area contributed by atoms with Crippen molar-refractivity contribution in [1.29, 1.82) is 0 Å². The van der Waals surface area contributed by atoms with Crippen LogP contribution in [0.15, 0.2) is 63.8 Å². The number of rotatable bonds is 6. The van der Waals surface area contributed by atoms with Gasteiger partial charge in [0.25, 0.3) is 5.91 Å². The van der Waals surface area contributed by atoms with Gasteiger partial charge in [-0.05, 0) is 48.7 Å². The first kappa shape index (κ1) is 18.2. The summed E-state index contributed by atoms with van der Waals surface area (Å²) in [4.78, 5) is 34.4. The zero-order chi connectivity index (χ0) is 19.4. The standard InChI is InChI=1S/C20H17NO6/c1-12(19(23)24)21-18(22)11-26-15-8-6-13(7-9-15)17-10-14-4-2-3-5-16(14)20(25)27-17/h2-10,12H,11H2,1H3,(H,21,22)(H,23,24)/t12-/m1/s1. The number of hydrogen-bond donors (Lipinski definition) is 2. The Hall–Kier alpha value is -3.61. The first-order valence-electron chi connectivity index (χ1n) is 8.22. The minimum absolute atomic E-state index is 0.304. The maximum Gasteiger partial charge on any atom is 0.344 e. The molecule has 0 aliphatic heterocycles. The minimum atomic E-state index is -1.12. The Morgan fingerprint density at radius 2 is 1.85 bits per heavy atom. The van der Waals surface area contributed by atoms with Gasteiger partial charge in [0.1, 0.15) is 17.6 Å². The number of hydrogen-bond acceptors (Lipinski definition) is 5. The summed E-state index contributed by atoms with van der Waals surface area (Å²) >= 11 is 0. The second-order valence-corrected chi connectivity index (χ2v) is 5.93. The van der Waals surface area contributed by atoms with Crippen LogP contribution in [0.2, 0.25) is 0 Å². The molecule has 1 atom stereocenters. The van der Waals surface area contributed by atoms with Gasteiger partial charge in [0.05, 0.1) is 5.39 Å². The van der Waals surface area contributed by atoms with E-state index in [1.807, 2.05) is 12.1 Å². The first-order valence-corrected chi connectivity index (χ1v) is 8.22. The highest BCUT2D eigenvalue weighted by Crippen LogP contribution is 2.24. The average Bonchev–Trinajstić information content (AvgIpc) is 2.66. The molecule has 1 aromatic heterocycles. The molecule has 0 saturated heterocycles. The molecule has 3 rings (SSSR count). The van der Waals surface area contributed by atoms with E-state index in [1.54, 1.807) is 42.5 Å². The van der Waals surface area contributed by atoms with Gasteiger partial charge in [0, 0.05) is 5.56 Å². The maximum absolute atomic E-state index is 12.1. The minimum Gasteiger partial charge on any atom is -0.484 e. The molecule has 138 valence electrons. The number of fused-ring (bicyclic) bond motifs is 1. The number of benzene rings is 2. The Morgan fingerprint density at radius 3 is 2.56 bits per heavy atom. The molecule has 0 radical (unpaired) electrons. The fraction of sp³-hybridized carbons (Fsp3) is 0.150. The van der Waals surface area contributed by atoms with E-state index in [-0.39, 0.29) is 6.61 Å². The molecule has 7 heteroatoms. The Bertz CT molecular complexity index is 1040. The van der Waals surface area contributed by atoms with Gasteiger partial charge < -0.3 is 19.6 Å². The van der Waals surface area contributed by atoms with E-state index < -0.39 is 23.5 Å². The number of carboxylic acid groups (broad SMARTS) is 1. The summed E-state index contributed by atoms with van der Waals surface area (Å²) in [6.07, 6.45) is 0. The van der Waals surface area contributed by atoms with Gasteiger partial charge in [-0.2, -0.15) is 0 Å².